The molecule has 39 heavy (non-hydrogen) atoms. The quantitative estimate of drug-likeness (QED) is 0.206. The molecule has 2 unspecified atom stereocenters. The SMILES string of the molecule is CC(=NOCC(=O)N=Nc1c(O)n(CN2CC3CC(C2)c2cccc(=O)n2C3)c2ccccc12)c1cccs1. The number of thiophene rings is 1. The highest BCUT2D eigenvalue weighted by Gasteiger charge is 2.35. The van der Waals surface area contributed by atoms with Crippen LogP contribution in [0.15, 0.2) is 80.2 Å². The van der Waals surface area contributed by atoms with Crippen LogP contribution in [0, 0.1) is 5.92 Å². The fraction of sp³-hybridized carbons (Fsp3) is 0.321. The molecule has 2 aliphatic rings. The van der Waals surface area contributed by atoms with Crippen molar-refractivity contribution in [2.75, 3.05) is 19.7 Å². The summed E-state index contributed by atoms with van der Waals surface area (Å²) in [4.78, 5) is 33.1. The number of pyridine rings is 1. The van der Waals surface area contributed by atoms with Crippen molar-refractivity contribution in [1.29, 1.82) is 0 Å². The van der Waals surface area contributed by atoms with Gasteiger partial charge in [0.25, 0.3) is 5.56 Å². The second kappa shape index (κ2) is 10.6. The van der Waals surface area contributed by atoms with Crippen LogP contribution in [-0.2, 0) is 22.8 Å². The van der Waals surface area contributed by atoms with Gasteiger partial charge in [0.1, 0.15) is 0 Å². The Morgan fingerprint density at radius 3 is 2.82 bits per heavy atom. The van der Waals surface area contributed by atoms with Gasteiger partial charge in [-0.2, -0.15) is 0 Å². The molecule has 1 N–H and O–H groups in total. The first-order valence-corrected chi connectivity index (χ1v) is 13.7. The number of para-hydroxylation sites is 1. The van der Waals surface area contributed by atoms with Gasteiger partial charge in [-0.3, -0.25) is 19.1 Å². The van der Waals surface area contributed by atoms with Crippen LogP contribution >= 0.6 is 11.3 Å². The van der Waals surface area contributed by atoms with E-state index in [9.17, 15) is 14.7 Å². The van der Waals surface area contributed by atoms with Crippen LogP contribution in [0.25, 0.3) is 10.9 Å². The van der Waals surface area contributed by atoms with Crippen LogP contribution in [0.4, 0.5) is 5.69 Å². The van der Waals surface area contributed by atoms with Crippen molar-refractivity contribution in [2.24, 2.45) is 21.3 Å². The van der Waals surface area contributed by atoms with Crippen molar-refractivity contribution < 1.29 is 14.7 Å². The zero-order valence-corrected chi connectivity index (χ0v) is 22.3. The number of benzene rings is 1. The normalized spacial score (nSPS) is 19.5. The molecule has 2 aliphatic heterocycles. The van der Waals surface area contributed by atoms with E-state index in [1.807, 2.05) is 58.5 Å². The van der Waals surface area contributed by atoms with Crippen LogP contribution in [0.1, 0.15) is 29.8 Å². The molecule has 5 heterocycles. The average molecular weight is 545 g/mol. The third kappa shape index (κ3) is 5.02. The van der Waals surface area contributed by atoms with E-state index in [1.165, 1.54) is 11.3 Å². The number of likely N-dealkylation sites (tertiary alicyclic amines) is 1. The molecule has 2 bridgehead atoms. The van der Waals surface area contributed by atoms with Crippen molar-refractivity contribution in [1.82, 2.24) is 14.0 Å². The number of carbonyl (C=O) groups excluding carboxylic acids is 1. The number of aromatic nitrogens is 2. The maximum absolute atomic E-state index is 12.4. The van der Waals surface area contributed by atoms with Gasteiger partial charge >= 0.3 is 5.91 Å². The van der Waals surface area contributed by atoms with E-state index in [0.717, 1.165) is 35.6 Å². The summed E-state index contributed by atoms with van der Waals surface area (Å²) in [6, 6.07) is 16.9. The lowest BCUT2D eigenvalue weighted by Gasteiger charge is -2.42. The molecule has 1 saturated heterocycles. The Morgan fingerprint density at radius 1 is 1.10 bits per heavy atom. The lowest BCUT2D eigenvalue weighted by molar-refractivity contribution is -0.122. The van der Waals surface area contributed by atoms with E-state index in [0.29, 0.717) is 30.2 Å². The third-order valence-electron chi connectivity index (χ3n) is 7.34. The molecule has 200 valence electrons. The average Bonchev–Trinajstić information content (AvgIpc) is 3.56. The van der Waals surface area contributed by atoms with E-state index >= 15 is 0 Å². The summed E-state index contributed by atoms with van der Waals surface area (Å²) in [7, 11) is 0. The van der Waals surface area contributed by atoms with Crippen LogP contribution in [0.2, 0.25) is 0 Å². The number of oxime groups is 1. The number of carbonyl (C=O) groups is 1. The van der Waals surface area contributed by atoms with Gasteiger partial charge in [0, 0.05) is 42.7 Å². The van der Waals surface area contributed by atoms with Crippen molar-refractivity contribution in [3.05, 3.63) is 80.9 Å². The Balaban J connectivity index is 1.19. The molecule has 3 aromatic heterocycles. The fourth-order valence-corrected chi connectivity index (χ4v) is 6.34. The van der Waals surface area contributed by atoms with E-state index in [-0.39, 0.29) is 29.7 Å². The lowest BCUT2D eigenvalue weighted by atomic mass is 9.83. The van der Waals surface area contributed by atoms with Gasteiger partial charge in [0.15, 0.2) is 12.3 Å². The predicted molar refractivity (Wildman–Crippen MR) is 149 cm³/mol. The van der Waals surface area contributed by atoms with Crippen molar-refractivity contribution in [2.45, 2.75) is 32.5 Å². The Labute approximate surface area is 228 Å². The van der Waals surface area contributed by atoms with Crippen LogP contribution < -0.4 is 5.56 Å². The molecule has 0 aliphatic carbocycles. The largest absolute Gasteiger partial charge is 0.493 e. The van der Waals surface area contributed by atoms with Gasteiger partial charge in [-0.05, 0) is 42.8 Å². The summed E-state index contributed by atoms with van der Waals surface area (Å²) < 4.78 is 3.71. The number of fused-ring (bicyclic) bond motifs is 5. The maximum atomic E-state index is 12.4. The summed E-state index contributed by atoms with van der Waals surface area (Å²) in [5.41, 5.74) is 2.86. The molecular weight excluding hydrogens is 516 g/mol. The number of amides is 1. The Bertz CT molecular complexity index is 1640. The Kier molecular flexibility index (Phi) is 6.84. The van der Waals surface area contributed by atoms with E-state index in [1.54, 1.807) is 17.6 Å². The summed E-state index contributed by atoms with van der Waals surface area (Å²) in [5.74, 6) is -0.0271. The van der Waals surface area contributed by atoms with Crippen LogP contribution in [-0.4, -0.2) is 50.5 Å². The number of piperidine rings is 1. The first kappa shape index (κ1) is 25.2. The summed E-state index contributed by atoms with van der Waals surface area (Å²) >= 11 is 1.53. The zero-order valence-electron chi connectivity index (χ0n) is 21.4. The minimum atomic E-state index is -0.605. The van der Waals surface area contributed by atoms with Gasteiger partial charge in [0.05, 0.1) is 22.8 Å². The molecule has 0 spiro atoms. The number of azo groups is 1. The van der Waals surface area contributed by atoms with Crippen molar-refractivity contribution in [3.8, 4) is 5.88 Å². The first-order valence-electron chi connectivity index (χ1n) is 12.8. The third-order valence-corrected chi connectivity index (χ3v) is 8.32. The van der Waals surface area contributed by atoms with Gasteiger partial charge in [-0.1, -0.05) is 35.5 Å². The molecule has 1 fully saturated rings. The van der Waals surface area contributed by atoms with E-state index in [4.69, 9.17) is 4.84 Å². The number of hydrogen-bond donors (Lipinski definition) is 1. The molecule has 11 heteroatoms. The molecular formula is C28H28N6O4S. The summed E-state index contributed by atoms with van der Waals surface area (Å²) in [6.45, 7) is 4.22. The molecule has 1 aromatic carbocycles. The number of hydrogen-bond acceptors (Lipinski definition) is 8. The first-order chi connectivity index (χ1) is 19.0. The van der Waals surface area contributed by atoms with Gasteiger partial charge < -0.3 is 14.5 Å². The summed E-state index contributed by atoms with van der Waals surface area (Å²) in [6.07, 6.45) is 1.05. The highest BCUT2D eigenvalue weighted by Crippen LogP contribution is 2.40. The Hall–Kier alpha value is -4.09. The lowest BCUT2D eigenvalue weighted by Crippen LogP contribution is -2.47. The van der Waals surface area contributed by atoms with E-state index in [2.05, 4.69) is 20.3 Å². The monoisotopic (exact) mass is 544 g/mol. The molecule has 0 radical (unpaired) electrons. The van der Waals surface area contributed by atoms with E-state index < -0.39 is 5.91 Å². The predicted octanol–water partition coefficient (Wildman–Crippen LogP) is 4.70. The molecule has 10 nitrogen and oxygen atoms in total. The van der Waals surface area contributed by atoms with Gasteiger partial charge in [-0.25, -0.2) is 0 Å². The van der Waals surface area contributed by atoms with Gasteiger partial charge in [-0.15, -0.1) is 21.6 Å². The highest BCUT2D eigenvalue weighted by molar-refractivity contribution is 7.12. The summed E-state index contributed by atoms with van der Waals surface area (Å²) in [5, 5.41) is 25.7. The molecule has 6 rings (SSSR count). The van der Waals surface area contributed by atoms with Crippen molar-refractivity contribution >= 4 is 39.5 Å². The number of rotatable bonds is 7. The highest BCUT2D eigenvalue weighted by atomic mass is 32.1. The van der Waals surface area contributed by atoms with Crippen LogP contribution in [0.3, 0.4) is 0 Å². The number of aromatic hydroxyl groups is 1. The van der Waals surface area contributed by atoms with Gasteiger partial charge in [0.2, 0.25) is 5.88 Å². The second-order valence-corrected chi connectivity index (χ2v) is 11.0. The zero-order chi connectivity index (χ0) is 26.9. The molecule has 4 aromatic rings. The number of nitrogens with zero attached hydrogens (tertiary/aromatic N) is 6. The second-order valence-electron chi connectivity index (χ2n) is 10.0. The molecule has 1 amide bonds. The smallest absolute Gasteiger partial charge is 0.304 e. The van der Waals surface area contributed by atoms with Crippen LogP contribution in [0.5, 0.6) is 5.88 Å². The minimum absolute atomic E-state index is 0.0485. The Morgan fingerprint density at radius 2 is 1.97 bits per heavy atom. The molecule has 0 saturated carbocycles. The fourth-order valence-electron chi connectivity index (χ4n) is 5.67. The maximum Gasteiger partial charge on any atom is 0.304 e. The van der Waals surface area contributed by atoms with Crippen molar-refractivity contribution in [3.63, 3.8) is 0 Å². The minimum Gasteiger partial charge on any atom is -0.493 e. The topological polar surface area (TPSA) is 114 Å². The standard InChI is InChI=1S/C28H28N6O4S/c1-18(24-9-5-11-39-24)31-38-16-25(35)29-30-27-21-6-2-3-7-23(21)34(28(27)37)17-32-13-19-12-20(15-32)22-8-4-10-26(36)33(22)14-19/h2-11,19-20,37H,12-17H2,1H3. The molecule has 2 atom stereocenters.